The standard InChI is InChI=1S/C33H43N5O8S/c1-6-20-31(45)36-26(32(20,5)46)12-21-16(3)29(25(39)13-28(42)43)22(34-21)11-24-19(7-8-27(40)41)17(4)33(37-38(24)33)14-23-18(9-10-47)15(2)30(44)35-23/h6,11,14-15,17-18,20,26,34,37,39,46-47H,1,7-10,12-13H2,2-5H3,(H,35,44)(H,36,45)(H,40,41)(H,42,43)/b22-11-,23-14-,29-25+/t15-,17?,18-,20?,26-,32+,33-,38?/m1/s1. The number of carbonyl (C=O) groups is 4. The van der Waals surface area contributed by atoms with Gasteiger partial charge in [-0.2, -0.15) is 12.6 Å². The van der Waals surface area contributed by atoms with E-state index in [1.54, 1.807) is 19.9 Å². The Morgan fingerprint density at radius 1 is 1.13 bits per heavy atom. The summed E-state index contributed by atoms with van der Waals surface area (Å²) in [6.45, 7) is 10.8. The fraction of sp³-hybridized carbons (Fsp3) is 0.515. The number of aromatic amines is 1. The zero-order valence-corrected chi connectivity index (χ0v) is 27.8. The minimum absolute atomic E-state index is 0.0434. The van der Waals surface area contributed by atoms with Crippen LogP contribution in [0.2, 0.25) is 0 Å². The highest BCUT2D eigenvalue weighted by atomic mass is 32.1. The van der Waals surface area contributed by atoms with Gasteiger partial charge in [0, 0.05) is 47.2 Å². The van der Waals surface area contributed by atoms with E-state index >= 15 is 0 Å². The first-order chi connectivity index (χ1) is 22.1. The molecule has 0 bridgehead atoms. The monoisotopic (exact) mass is 669 g/mol. The van der Waals surface area contributed by atoms with E-state index in [-0.39, 0.29) is 59.8 Å². The lowest BCUT2D eigenvalue weighted by Gasteiger charge is -2.27. The molecule has 5 rings (SSSR count). The summed E-state index contributed by atoms with van der Waals surface area (Å²) in [4.78, 5) is 51.8. The molecule has 47 heavy (non-hydrogen) atoms. The Balaban J connectivity index is 1.62. The number of carboxylic acid groups (broad SMARTS) is 2. The number of hydrogen-bond donors (Lipinski definition) is 9. The van der Waals surface area contributed by atoms with Crippen LogP contribution >= 0.6 is 12.6 Å². The number of H-pyrrole nitrogens is 1. The third-order valence-corrected chi connectivity index (χ3v) is 10.6. The molecule has 7 atom stereocenters. The Morgan fingerprint density at radius 2 is 1.83 bits per heavy atom. The van der Waals surface area contributed by atoms with E-state index in [1.807, 2.05) is 24.9 Å². The van der Waals surface area contributed by atoms with Crippen molar-refractivity contribution in [2.75, 3.05) is 5.75 Å². The SMILES string of the molecule is C=CC1C(=O)N[C@H](Cc2[nH]c(=C\C3=C(CCC(=O)O)C(C)[C@]4(/C=C5\NC(=O)[C@H](C)[C@H]5CCS)NN34)/c(=C(/O)CC(=O)O)c2C)[C@@]1(C)O. The van der Waals surface area contributed by atoms with Crippen molar-refractivity contribution in [1.82, 2.24) is 26.1 Å². The summed E-state index contributed by atoms with van der Waals surface area (Å²) in [6.07, 6.45) is 5.49. The fourth-order valence-electron chi connectivity index (χ4n) is 7.45. The molecule has 1 aromatic rings. The second kappa shape index (κ2) is 12.5. The van der Waals surface area contributed by atoms with E-state index in [1.165, 1.54) is 6.08 Å². The van der Waals surface area contributed by atoms with Crippen LogP contribution in [0.4, 0.5) is 0 Å². The maximum atomic E-state index is 12.6. The van der Waals surface area contributed by atoms with Crippen LogP contribution in [-0.2, 0) is 25.6 Å². The number of rotatable bonds is 12. The van der Waals surface area contributed by atoms with E-state index in [0.717, 1.165) is 11.3 Å². The second-order valence-corrected chi connectivity index (χ2v) is 13.6. The van der Waals surface area contributed by atoms with E-state index in [0.29, 0.717) is 34.5 Å². The molecule has 0 radical (unpaired) electrons. The van der Waals surface area contributed by atoms with Crippen LogP contribution in [0.3, 0.4) is 0 Å². The average molecular weight is 670 g/mol. The molecular weight excluding hydrogens is 626 g/mol. The molecule has 1 aromatic heterocycles. The van der Waals surface area contributed by atoms with Crippen molar-refractivity contribution < 1.29 is 39.6 Å². The lowest BCUT2D eigenvalue weighted by Crippen LogP contribution is -2.44. The zero-order valence-electron chi connectivity index (χ0n) is 26.9. The van der Waals surface area contributed by atoms with Gasteiger partial charge in [-0.15, -0.1) is 6.58 Å². The van der Waals surface area contributed by atoms with E-state index in [9.17, 15) is 39.6 Å². The molecule has 4 aliphatic heterocycles. The third kappa shape index (κ3) is 5.98. The summed E-state index contributed by atoms with van der Waals surface area (Å²) in [5, 5.41) is 49.7. The van der Waals surface area contributed by atoms with E-state index in [4.69, 9.17) is 0 Å². The molecule has 13 nitrogen and oxygen atoms in total. The summed E-state index contributed by atoms with van der Waals surface area (Å²) >= 11 is 4.39. The van der Waals surface area contributed by atoms with Gasteiger partial charge in [-0.1, -0.05) is 19.9 Å². The molecule has 0 aromatic carbocycles. The zero-order chi connectivity index (χ0) is 34.6. The number of allylic oxidation sites excluding steroid dienone is 2. The lowest BCUT2D eigenvalue weighted by molar-refractivity contribution is -0.137. The van der Waals surface area contributed by atoms with Crippen LogP contribution in [0.5, 0.6) is 0 Å². The Morgan fingerprint density at radius 3 is 2.43 bits per heavy atom. The molecule has 3 saturated heterocycles. The first-order valence-electron chi connectivity index (χ1n) is 15.7. The predicted molar refractivity (Wildman–Crippen MR) is 176 cm³/mol. The number of amides is 2. The number of hydrazine groups is 1. The molecule has 0 aliphatic carbocycles. The third-order valence-electron chi connectivity index (χ3n) is 10.3. The topological polar surface area (TPSA) is 214 Å². The van der Waals surface area contributed by atoms with Gasteiger partial charge < -0.3 is 36.0 Å². The van der Waals surface area contributed by atoms with Crippen molar-refractivity contribution in [1.29, 1.82) is 0 Å². The molecule has 4 aliphatic rings. The van der Waals surface area contributed by atoms with E-state index < -0.39 is 41.6 Å². The summed E-state index contributed by atoms with van der Waals surface area (Å²) in [5.74, 6) is -3.68. The number of aromatic nitrogens is 1. The molecule has 2 unspecified atom stereocenters. The second-order valence-electron chi connectivity index (χ2n) is 13.2. The predicted octanol–water partition coefficient (Wildman–Crippen LogP) is 0.710. The molecule has 254 valence electrons. The van der Waals surface area contributed by atoms with Gasteiger partial charge in [-0.25, -0.2) is 5.43 Å². The number of hydrogen-bond acceptors (Lipinski definition) is 9. The van der Waals surface area contributed by atoms with Gasteiger partial charge in [0.15, 0.2) is 0 Å². The first-order valence-corrected chi connectivity index (χ1v) is 16.4. The van der Waals surface area contributed by atoms with Gasteiger partial charge in [0.2, 0.25) is 11.8 Å². The van der Waals surface area contributed by atoms with E-state index in [2.05, 4.69) is 40.3 Å². The maximum absolute atomic E-state index is 12.6. The van der Waals surface area contributed by atoms with Crippen LogP contribution in [0.1, 0.15) is 57.7 Å². The number of aliphatic hydroxyl groups excluding tert-OH is 1. The summed E-state index contributed by atoms with van der Waals surface area (Å²) in [7, 11) is 0. The maximum Gasteiger partial charge on any atom is 0.311 e. The van der Waals surface area contributed by atoms with Gasteiger partial charge in [0.1, 0.15) is 17.8 Å². The minimum atomic E-state index is -1.45. The van der Waals surface area contributed by atoms with Crippen molar-refractivity contribution >= 4 is 48.2 Å². The van der Waals surface area contributed by atoms with Crippen LogP contribution in [0.15, 0.2) is 35.7 Å². The van der Waals surface area contributed by atoms with Crippen molar-refractivity contribution in [3.05, 3.63) is 57.5 Å². The van der Waals surface area contributed by atoms with Crippen LogP contribution in [0, 0.1) is 30.6 Å². The molecule has 2 amide bonds. The number of thiol groups is 1. The Kier molecular flexibility index (Phi) is 9.16. The first kappa shape index (κ1) is 34.3. The molecule has 14 heteroatoms. The fourth-order valence-corrected chi connectivity index (χ4v) is 7.73. The minimum Gasteiger partial charge on any atom is -0.511 e. The molecule has 5 heterocycles. The molecule has 0 saturated carbocycles. The molecular formula is C33H43N5O8S. The largest absolute Gasteiger partial charge is 0.511 e. The summed E-state index contributed by atoms with van der Waals surface area (Å²) in [5.41, 5.74) is 4.62. The van der Waals surface area contributed by atoms with Gasteiger partial charge in [-0.3, -0.25) is 24.2 Å². The highest BCUT2D eigenvalue weighted by Crippen LogP contribution is 2.52. The smallest absolute Gasteiger partial charge is 0.311 e. The normalized spacial score (nSPS) is 33.3. The Bertz CT molecular complexity index is 1730. The van der Waals surface area contributed by atoms with Gasteiger partial charge in [0.05, 0.1) is 28.6 Å². The highest BCUT2D eigenvalue weighted by molar-refractivity contribution is 7.80. The van der Waals surface area contributed by atoms with Crippen molar-refractivity contribution in [2.45, 2.75) is 77.1 Å². The molecule has 8 N–H and O–H groups in total. The quantitative estimate of drug-likeness (QED) is 0.0864. The molecule has 3 fully saturated rings. The number of carboxylic acids is 2. The summed E-state index contributed by atoms with van der Waals surface area (Å²) < 4.78 is 0. The van der Waals surface area contributed by atoms with Crippen LogP contribution in [-0.4, -0.2) is 77.2 Å². The van der Waals surface area contributed by atoms with Gasteiger partial charge in [-0.05, 0) is 55.7 Å². The Labute approximate surface area is 277 Å². The highest BCUT2D eigenvalue weighted by Gasteiger charge is 2.62. The number of nitrogens with one attached hydrogen (secondary N) is 4. The number of carbonyl (C=O) groups excluding carboxylic acids is 2. The number of aliphatic carboxylic acids is 2. The van der Waals surface area contributed by atoms with Crippen LogP contribution in [0.25, 0.3) is 11.8 Å². The lowest BCUT2D eigenvalue weighted by atomic mass is 9.85. The molecule has 0 spiro atoms. The van der Waals surface area contributed by atoms with Gasteiger partial charge >= 0.3 is 11.9 Å². The Hall–Kier alpha value is -4.01. The average Bonchev–Trinajstić information content (AvgIpc) is 3.35. The van der Waals surface area contributed by atoms with Crippen molar-refractivity contribution in [3.8, 4) is 0 Å². The summed E-state index contributed by atoms with van der Waals surface area (Å²) in [6, 6.07) is -0.697. The van der Waals surface area contributed by atoms with Gasteiger partial charge in [0.25, 0.3) is 0 Å². The van der Waals surface area contributed by atoms with Crippen LogP contribution < -0.4 is 26.6 Å². The van der Waals surface area contributed by atoms with Crippen molar-refractivity contribution in [2.24, 2.45) is 23.7 Å². The number of aliphatic hydroxyl groups is 2. The van der Waals surface area contributed by atoms with Crippen molar-refractivity contribution in [3.63, 3.8) is 0 Å². The number of nitrogens with zero attached hydrogens (tertiary/aromatic N) is 1. The number of fused-ring (bicyclic) bond motifs is 1.